The van der Waals surface area contributed by atoms with Crippen LogP contribution in [-0.4, -0.2) is 5.60 Å². The molecule has 2 N–H and O–H groups in total. The highest BCUT2D eigenvalue weighted by Crippen LogP contribution is 2.43. The van der Waals surface area contributed by atoms with Crippen molar-refractivity contribution in [1.29, 1.82) is 0 Å². The molecule has 0 unspecified atom stereocenters. The van der Waals surface area contributed by atoms with Gasteiger partial charge < -0.3 is 15.0 Å². The summed E-state index contributed by atoms with van der Waals surface area (Å²) in [5, 5.41) is 5.16. The summed E-state index contributed by atoms with van der Waals surface area (Å²) < 4.78 is 12.6. The minimum absolute atomic E-state index is 0.0637. The highest BCUT2D eigenvalue weighted by molar-refractivity contribution is 5.84. The van der Waals surface area contributed by atoms with Crippen molar-refractivity contribution in [1.82, 2.24) is 0 Å². The number of hydrogen-bond acceptors (Lipinski definition) is 4. The zero-order chi connectivity index (χ0) is 16.9. The Kier molecular flexibility index (Phi) is 3.54. The number of aryl methyl sites for hydroxylation is 2. The lowest BCUT2D eigenvalue weighted by atomic mass is 9.78. The highest BCUT2D eigenvalue weighted by Gasteiger charge is 2.37. The largest absolute Gasteiger partial charge is 0.487 e. The molecule has 1 spiro atoms. The van der Waals surface area contributed by atoms with Gasteiger partial charge in [0.2, 0.25) is 5.55 Å². The van der Waals surface area contributed by atoms with Crippen molar-refractivity contribution in [2.24, 2.45) is 10.9 Å². The topological polar surface area (TPSA) is 60.8 Å². The summed E-state index contributed by atoms with van der Waals surface area (Å²) in [5.41, 5.74) is 5.47. The molecule has 0 amide bonds. The first-order valence-corrected chi connectivity index (χ1v) is 9.82. The summed E-state index contributed by atoms with van der Waals surface area (Å²) in [7, 11) is 0. The second-order valence-electron chi connectivity index (χ2n) is 8.00. The number of fused-ring (bicyclic) bond motifs is 4. The van der Waals surface area contributed by atoms with E-state index in [1.54, 1.807) is 0 Å². The van der Waals surface area contributed by atoms with E-state index in [4.69, 9.17) is 15.0 Å². The van der Waals surface area contributed by atoms with Gasteiger partial charge in [-0.3, -0.25) is 0 Å². The van der Waals surface area contributed by atoms with Crippen molar-refractivity contribution in [2.75, 3.05) is 0 Å². The summed E-state index contributed by atoms with van der Waals surface area (Å²) in [6.07, 6.45) is 13.1. The molecular formula is C21H26N2O2. The van der Waals surface area contributed by atoms with Gasteiger partial charge in [-0.05, 0) is 81.4 Å². The second-order valence-corrected chi connectivity index (χ2v) is 8.00. The Hall–Kier alpha value is -1.97. The van der Waals surface area contributed by atoms with Crippen molar-refractivity contribution in [3.63, 3.8) is 0 Å². The highest BCUT2D eigenvalue weighted by atomic mass is 16.5. The number of nitrogens with zero attached hydrogens (tertiary/aromatic N) is 1. The van der Waals surface area contributed by atoms with Crippen LogP contribution in [0.2, 0.25) is 0 Å². The molecule has 2 heterocycles. The molecule has 0 atom stereocenters. The molecule has 0 bridgehead atoms. The minimum Gasteiger partial charge on any atom is -0.487 e. The molecule has 1 saturated carbocycles. The molecule has 5 rings (SSSR count). The molecule has 4 heteroatoms. The van der Waals surface area contributed by atoms with Crippen LogP contribution in [0.15, 0.2) is 21.7 Å². The van der Waals surface area contributed by atoms with E-state index in [-0.39, 0.29) is 5.60 Å². The van der Waals surface area contributed by atoms with Crippen LogP contribution in [0.1, 0.15) is 68.1 Å². The molecule has 2 aromatic rings. The fourth-order valence-electron chi connectivity index (χ4n) is 5.12. The molecule has 1 aromatic carbocycles. The quantitative estimate of drug-likeness (QED) is 0.581. The Balaban J connectivity index is 1.65. The monoisotopic (exact) mass is 338 g/mol. The van der Waals surface area contributed by atoms with Gasteiger partial charge in [-0.15, -0.1) is 5.10 Å². The number of benzene rings is 1. The number of nitrogens with two attached hydrogens (primary N) is 1. The first-order valence-electron chi connectivity index (χ1n) is 9.82. The van der Waals surface area contributed by atoms with E-state index in [2.05, 4.69) is 17.2 Å². The van der Waals surface area contributed by atoms with E-state index >= 15 is 0 Å². The number of rotatable bonds is 0. The first-order chi connectivity index (χ1) is 12.3. The molecule has 132 valence electrons. The normalized spacial score (nSPS) is 22.5. The van der Waals surface area contributed by atoms with E-state index in [0.29, 0.717) is 5.55 Å². The molecule has 4 nitrogen and oxygen atoms in total. The van der Waals surface area contributed by atoms with Gasteiger partial charge in [-0.25, -0.2) is 0 Å². The van der Waals surface area contributed by atoms with Gasteiger partial charge in [0.1, 0.15) is 16.9 Å². The van der Waals surface area contributed by atoms with Gasteiger partial charge >= 0.3 is 0 Å². The Bertz CT molecular complexity index is 891. The molecule has 0 saturated heterocycles. The van der Waals surface area contributed by atoms with Crippen LogP contribution in [0.5, 0.6) is 5.75 Å². The Morgan fingerprint density at radius 1 is 0.880 bits per heavy atom. The lowest BCUT2D eigenvalue weighted by Gasteiger charge is -2.41. The van der Waals surface area contributed by atoms with Crippen LogP contribution in [0.4, 0.5) is 0 Å². The summed E-state index contributed by atoms with van der Waals surface area (Å²) in [6, 6.07) is 4.41. The van der Waals surface area contributed by atoms with Gasteiger partial charge in [0.25, 0.3) is 0 Å². The Morgan fingerprint density at radius 2 is 1.68 bits per heavy atom. The fraction of sp³-hybridized carbons (Fsp3) is 0.571. The Labute approximate surface area is 148 Å². The molecule has 2 aliphatic carbocycles. The second kappa shape index (κ2) is 5.79. The summed E-state index contributed by atoms with van der Waals surface area (Å²) in [6.45, 7) is 0. The van der Waals surface area contributed by atoms with Crippen LogP contribution >= 0.6 is 0 Å². The van der Waals surface area contributed by atoms with Crippen LogP contribution in [0.3, 0.4) is 0 Å². The van der Waals surface area contributed by atoms with Crippen molar-refractivity contribution >= 4 is 11.0 Å². The van der Waals surface area contributed by atoms with Gasteiger partial charge in [0.05, 0.1) is 0 Å². The molecule has 1 aromatic heterocycles. The zero-order valence-corrected chi connectivity index (χ0v) is 14.8. The predicted octanol–water partition coefficient (Wildman–Crippen LogP) is 4.11. The maximum absolute atomic E-state index is 6.56. The molecule has 1 aliphatic heterocycles. The summed E-state index contributed by atoms with van der Waals surface area (Å²) in [5.74, 6) is 6.63. The predicted molar refractivity (Wildman–Crippen MR) is 97.4 cm³/mol. The smallest absolute Gasteiger partial charge is 0.239 e. The van der Waals surface area contributed by atoms with Crippen LogP contribution in [0, 0.1) is 0 Å². The third-order valence-electron chi connectivity index (χ3n) is 6.48. The zero-order valence-electron chi connectivity index (χ0n) is 14.8. The maximum Gasteiger partial charge on any atom is 0.239 e. The summed E-state index contributed by atoms with van der Waals surface area (Å²) >= 11 is 0. The van der Waals surface area contributed by atoms with Gasteiger partial charge in [-0.2, -0.15) is 0 Å². The Morgan fingerprint density at radius 3 is 2.48 bits per heavy atom. The number of hydrogen-bond donors (Lipinski definition) is 1. The van der Waals surface area contributed by atoms with Gasteiger partial charge in [0, 0.05) is 17.0 Å². The minimum atomic E-state index is 0.0637. The van der Waals surface area contributed by atoms with Crippen LogP contribution < -0.4 is 16.1 Å². The van der Waals surface area contributed by atoms with Gasteiger partial charge in [0.15, 0.2) is 0 Å². The first kappa shape index (κ1) is 15.3. The summed E-state index contributed by atoms with van der Waals surface area (Å²) in [4.78, 5) is 0. The van der Waals surface area contributed by atoms with E-state index in [0.717, 1.165) is 37.0 Å². The van der Waals surface area contributed by atoms with Gasteiger partial charge in [-0.1, -0.05) is 6.42 Å². The van der Waals surface area contributed by atoms with E-state index < -0.39 is 0 Å². The maximum atomic E-state index is 6.56. The molecule has 0 radical (unpaired) electrons. The SMILES string of the molecule is NN=c1oc2cc3c(cc2c2c1CCCC2)CCC1(CCCCC1)O3. The average molecular weight is 338 g/mol. The number of ether oxygens (including phenoxy) is 1. The molecular weight excluding hydrogens is 312 g/mol. The fourth-order valence-corrected chi connectivity index (χ4v) is 5.12. The molecule has 3 aliphatic rings. The molecule has 25 heavy (non-hydrogen) atoms. The lowest BCUT2D eigenvalue weighted by molar-refractivity contribution is 0.0109. The molecule has 1 fully saturated rings. The van der Waals surface area contributed by atoms with Crippen molar-refractivity contribution in [3.05, 3.63) is 34.4 Å². The van der Waals surface area contributed by atoms with E-state index in [9.17, 15) is 0 Å². The van der Waals surface area contributed by atoms with Crippen LogP contribution in [-0.2, 0) is 19.3 Å². The van der Waals surface area contributed by atoms with Crippen molar-refractivity contribution in [3.8, 4) is 5.75 Å². The van der Waals surface area contributed by atoms with E-state index in [1.165, 1.54) is 67.0 Å². The van der Waals surface area contributed by atoms with Crippen LogP contribution in [0.25, 0.3) is 11.0 Å². The lowest BCUT2D eigenvalue weighted by Crippen LogP contribution is -2.41. The van der Waals surface area contributed by atoms with Crippen molar-refractivity contribution < 1.29 is 9.15 Å². The third-order valence-corrected chi connectivity index (χ3v) is 6.48. The standard InChI is InChI=1S/C21H26N2O2/c22-23-20-16-7-3-2-6-15(16)17-12-14-8-11-21(9-4-1-5-10-21)25-18(14)13-19(17)24-20/h12-13H,1-11,22H2. The van der Waals surface area contributed by atoms with E-state index in [1.807, 2.05) is 0 Å². The third kappa shape index (κ3) is 2.45. The average Bonchev–Trinajstić information content (AvgIpc) is 2.66. The van der Waals surface area contributed by atoms with Crippen molar-refractivity contribution in [2.45, 2.75) is 76.2 Å².